The van der Waals surface area contributed by atoms with E-state index in [4.69, 9.17) is 5.73 Å². The number of alkyl halides is 1. The van der Waals surface area contributed by atoms with Crippen molar-refractivity contribution in [3.8, 4) is 0 Å². The first-order valence-corrected chi connectivity index (χ1v) is 9.64. The van der Waals surface area contributed by atoms with Crippen LogP contribution in [-0.2, 0) is 16.0 Å². The zero-order valence-corrected chi connectivity index (χ0v) is 16.4. The van der Waals surface area contributed by atoms with Gasteiger partial charge in [-0.1, -0.05) is 7.43 Å². The van der Waals surface area contributed by atoms with E-state index >= 15 is 0 Å². The van der Waals surface area contributed by atoms with E-state index in [1.165, 1.54) is 18.7 Å². The number of likely N-dealkylation sites (tertiary alicyclic amines) is 2. The predicted octanol–water partition coefficient (Wildman–Crippen LogP) is 2.81. The molecular weight excluding hydrogens is 402 g/mol. The summed E-state index contributed by atoms with van der Waals surface area (Å²) in [5.74, 6) is -4.12. The lowest BCUT2D eigenvalue weighted by atomic mass is 10.0. The molecule has 0 aliphatic carbocycles. The number of carbonyl (C=O) groups is 2. The van der Waals surface area contributed by atoms with E-state index in [1.54, 1.807) is 4.90 Å². The minimum absolute atomic E-state index is 0. The van der Waals surface area contributed by atoms with Crippen molar-refractivity contribution in [1.29, 1.82) is 0 Å². The molecule has 168 valence electrons. The zero-order valence-electron chi connectivity index (χ0n) is 16.4. The maximum absolute atomic E-state index is 14.0. The van der Waals surface area contributed by atoms with Crippen LogP contribution in [0.1, 0.15) is 39.7 Å². The molecular formula is C21H29F4N3O2. The van der Waals surface area contributed by atoms with Crippen LogP contribution >= 0.6 is 0 Å². The Hall–Kier alpha value is -2.16. The number of carbonyl (C=O) groups excluding carboxylic acids is 2. The Morgan fingerprint density at radius 1 is 1.17 bits per heavy atom. The monoisotopic (exact) mass is 431 g/mol. The molecule has 0 bridgehead atoms. The van der Waals surface area contributed by atoms with Crippen molar-refractivity contribution in [2.45, 2.75) is 58.3 Å². The highest BCUT2D eigenvalue weighted by Gasteiger charge is 2.47. The first-order chi connectivity index (χ1) is 13.5. The molecule has 0 unspecified atom stereocenters. The lowest BCUT2D eigenvalue weighted by Crippen LogP contribution is -2.45. The summed E-state index contributed by atoms with van der Waals surface area (Å²) in [4.78, 5) is 28.0. The van der Waals surface area contributed by atoms with Crippen LogP contribution < -0.4 is 5.73 Å². The van der Waals surface area contributed by atoms with E-state index in [2.05, 4.69) is 0 Å². The second kappa shape index (κ2) is 8.91. The van der Waals surface area contributed by atoms with E-state index in [0.717, 1.165) is 6.07 Å². The molecule has 2 amide bonds. The lowest BCUT2D eigenvalue weighted by molar-refractivity contribution is -0.142. The van der Waals surface area contributed by atoms with Crippen LogP contribution in [-0.4, -0.2) is 59.0 Å². The number of nitrogens with zero attached hydrogens (tertiary/aromatic N) is 2. The smallest absolute Gasteiger partial charge is 0.259 e. The van der Waals surface area contributed by atoms with Crippen molar-refractivity contribution in [2.24, 2.45) is 11.7 Å². The highest BCUT2D eigenvalue weighted by atomic mass is 19.2. The fourth-order valence-corrected chi connectivity index (χ4v) is 4.23. The molecule has 3 rings (SSSR count). The molecule has 5 nitrogen and oxygen atoms in total. The van der Waals surface area contributed by atoms with Gasteiger partial charge in [-0.05, 0) is 38.3 Å². The first-order valence-electron chi connectivity index (χ1n) is 9.64. The van der Waals surface area contributed by atoms with E-state index < -0.39 is 35.1 Å². The average molecular weight is 431 g/mol. The maximum Gasteiger partial charge on any atom is 0.259 e. The second-order valence-electron chi connectivity index (χ2n) is 8.41. The summed E-state index contributed by atoms with van der Waals surface area (Å²) in [6.07, 6.45) is 0.501. The Labute approximate surface area is 174 Å². The largest absolute Gasteiger partial charge is 0.338 e. The van der Waals surface area contributed by atoms with Gasteiger partial charge in [0.25, 0.3) is 5.91 Å². The molecule has 2 saturated heterocycles. The van der Waals surface area contributed by atoms with Gasteiger partial charge >= 0.3 is 0 Å². The molecule has 2 aliphatic heterocycles. The summed E-state index contributed by atoms with van der Waals surface area (Å²) in [5, 5.41) is 0. The Kier molecular flexibility index (Phi) is 7.16. The molecule has 1 aromatic carbocycles. The number of nitrogens with two attached hydrogens (primary N) is 1. The Morgan fingerprint density at radius 2 is 1.80 bits per heavy atom. The summed E-state index contributed by atoms with van der Waals surface area (Å²) in [6.45, 7) is 3.62. The molecule has 9 heteroatoms. The molecule has 0 radical (unpaired) electrons. The third-order valence-electron chi connectivity index (χ3n) is 5.67. The van der Waals surface area contributed by atoms with Crippen LogP contribution in [0.2, 0.25) is 0 Å². The molecule has 2 aliphatic rings. The van der Waals surface area contributed by atoms with Crippen LogP contribution in [0.15, 0.2) is 12.1 Å². The summed E-state index contributed by atoms with van der Waals surface area (Å²) < 4.78 is 54.1. The molecule has 0 spiro atoms. The topological polar surface area (TPSA) is 66.6 Å². The number of hydrogen-bond acceptors (Lipinski definition) is 3. The molecule has 1 aromatic rings. The lowest BCUT2D eigenvalue weighted by Gasteiger charge is -2.27. The highest BCUT2D eigenvalue weighted by Crippen LogP contribution is 2.33. The Morgan fingerprint density at radius 3 is 2.43 bits per heavy atom. The van der Waals surface area contributed by atoms with Gasteiger partial charge in [-0.2, -0.15) is 0 Å². The molecule has 3 atom stereocenters. The van der Waals surface area contributed by atoms with Crippen LogP contribution in [0.5, 0.6) is 0 Å². The molecule has 2 N–H and O–H groups in total. The van der Waals surface area contributed by atoms with Gasteiger partial charge in [0, 0.05) is 44.1 Å². The van der Waals surface area contributed by atoms with Crippen LogP contribution in [0.3, 0.4) is 0 Å². The Balaban J connectivity index is 0.00000320. The van der Waals surface area contributed by atoms with Crippen LogP contribution in [0.25, 0.3) is 0 Å². The molecule has 0 aromatic heterocycles. The van der Waals surface area contributed by atoms with Crippen LogP contribution in [0, 0.1) is 23.4 Å². The quantitative estimate of drug-likeness (QED) is 0.576. The summed E-state index contributed by atoms with van der Waals surface area (Å²) >= 11 is 0. The van der Waals surface area contributed by atoms with E-state index in [9.17, 15) is 27.2 Å². The van der Waals surface area contributed by atoms with Gasteiger partial charge in [0.05, 0.1) is 6.04 Å². The Bertz CT molecular complexity index is 812. The molecule has 2 heterocycles. The zero-order chi connectivity index (χ0) is 21.5. The highest BCUT2D eigenvalue weighted by molar-refractivity contribution is 5.85. The molecule has 2 fully saturated rings. The first kappa shape index (κ1) is 24.1. The third-order valence-corrected chi connectivity index (χ3v) is 5.67. The number of fused-ring (bicyclic) bond motifs is 1. The third kappa shape index (κ3) is 4.94. The maximum atomic E-state index is 14.0. The predicted molar refractivity (Wildman–Crippen MR) is 105 cm³/mol. The minimum Gasteiger partial charge on any atom is -0.338 e. The van der Waals surface area contributed by atoms with E-state index in [-0.39, 0.29) is 50.2 Å². The van der Waals surface area contributed by atoms with Crippen LogP contribution in [0.4, 0.5) is 17.6 Å². The molecule has 0 saturated carbocycles. The number of hydrogen-bond donors (Lipinski definition) is 1. The molecule has 30 heavy (non-hydrogen) atoms. The SMILES string of the molecule is C.CC(C)(F)C(=O)N1C[C@@H]2CCN(C(=O)C[C@H](N)Cc3cc(F)c(F)cc3F)[C@@H]2C1. The van der Waals surface area contributed by atoms with Gasteiger partial charge in [-0.15, -0.1) is 0 Å². The van der Waals surface area contributed by atoms with Crippen molar-refractivity contribution in [1.82, 2.24) is 9.80 Å². The van der Waals surface area contributed by atoms with Gasteiger partial charge in [-0.3, -0.25) is 9.59 Å². The van der Waals surface area contributed by atoms with Gasteiger partial charge < -0.3 is 15.5 Å². The van der Waals surface area contributed by atoms with Gasteiger partial charge in [0.1, 0.15) is 5.82 Å². The standard InChI is InChI=1S/C20H25F4N3O2.CH4/c1-20(2,24)19(29)26-9-11-3-4-27(17(11)10-26)18(28)7-13(25)5-12-6-15(22)16(23)8-14(12)21;/h6,8,11,13,17H,3-5,7,9-10,25H2,1-2H3;1H4/t11-,13+,17+;/m0./s1. The number of halogens is 4. The van der Waals surface area contributed by atoms with Crippen molar-refractivity contribution >= 4 is 11.8 Å². The van der Waals surface area contributed by atoms with E-state index in [1.807, 2.05) is 0 Å². The summed E-state index contributed by atoms with van der Waals surface area (Å²) in [5.41, 5.74) is 3.90. The summed E-state index contributed by atoms with van der Waals surface area (Å²) in [6, 6.07) is 0.242. The van der Waals surface area contributed by atoms with Gasteiger partial charge in [-0.25, -0.2) is 17.6 Å². The van der Waals surface area contributed by atoms with E-state index in [0.29, 0.717) is 25.6 Å². The normalized spacial score (nSPS) is 22.0. The number of amides is 2. The average Bonchev–Trinajstić information content (AvgIpc) is 3.18. The van der Waals surface area contributed by atoms with Crippen molar-refractivity contribution in [3.05, 3.63) is 35.1 Å². The minimum atomic E-state index is -1.97. The fourth-order valence-electron chi connectivity index (χ4n) is 4.23. The van der Waals surface area contributed by atoms with Gasteiger partial charge in [0.2, 0.25) is 5.91 Å². The number of rotatable bonds is 5. The fraction of sp³-hybridized carbons (Fsp3) is 0.619. The van der Waals surface area contributed by atoms with Crippen molar-refractivity contribution < 1.29 is 27.2 Å². The van der Waals surface area contributed by atoms with Crippen molar-refractivity contribution in [3.63, 3.8) is 0 Å². The summed E-state index contributed by atoms with van der Waals surface area (Å²) in [7, 11) is 0. The van der Waals surface area contributed by atoms with Gasteiger partial charge in [0.15, 0.2) is 17.3 Å². The van der Waals surface area contributed by atoms with Crippen molar-refractivity contribution in [2.75, 3.05) is 19.6 Å². The number of benzene rings is 1. The second-order valence-corrected chi connectivity index (χ2v) is 8.41.